The van der Waals surface area contributed by atoms with Crippen LogP contribution in [0.4, 0.5) is 0 Å². The normalized spacial score (nSPS) is 15.5. The van der Waals surface area contributed by atoms with Gasteiger partial charge in [0.25, 0.3) is 0 Å². The molecule has 1 fully saturated rings. The van der Waals surface area contributed by atoms with E-state index in [9.17, 15) is 4.79 Å². The molecule has 1 aliphatic rings. The fourth-order valence-corrected chi connectivity index (χ4v) is 2.93. The minimum atomic E-state index is 0.227. The molecule has 5 nitrogen and oxygen atoms in total. The minimum absolute atomic E-state index is 0.227. The third-order valence-corrected chi connectivity index (χ3v) is 4.19. The molecule has 1 amide bonds. The molecule has 2 heterocycles. The number of hydrogen-bond donors (Lipinski definition) is 1. The predicted molar refractivity (Wildman–Crippen MR) is 83.3 cm³/mol. The molecule has 118 valence electrons. The summed E-state index contributed by atoms with van der Waals surface area (Å²) < 4.78 is 7.57. The molecule has 1 aliphatic heterocycles. The Morgan fingerprint density at radius 3 is 2.67 bits per heavy atom. The Hall–Kier alpha value is -1.33. The van der Waals surface area contributed by atoms with Crippen molar-refractivity contribution >= 4 is 5.91 Å². The van der Waals surface area contributed by atoms with Crippen molar-refractivity contribution in [2.75, 3.05) is 32.8 Å². The highest BCUT2D eigenvalue weighted by Crippen LogP contribution is 2.14. The second-order valence-corrected chi connectivity index (χ2v) is 5.56. The second-order valence-electron chi connectivity index (χ2n) is 5.56. The van der Waals surface area contributed by atoms with E-state index in [1.165, 1.54) is 17.0 Å². The van der Waals surface area contributed by atoms with Gasteiger partial charge in [-0.2, -0.15) is 0 Å². The van der Waals surface area contributed by atoms with Gasteiger partial charge in [-0.3, -0.25) is 4.79 Å². The lowest BCUT2D eigenvalue weighted by Crippen LogP contribution is -2.41. The maximum absolute atomic E-state index is 12.0. The zero-order chi connectivity index (χ0) is 15.2. The van der Waals surface area contributed by atoms with Crippen LogP contribution < -0.4 is 5.32 Å². The Kier molecular flexibility index (Phi) is 5.82. The van der Waals surface area contributed by atoms with Crippen LogP contribution in [0.3, 0.4) is 0 Å². The van der Waals surface area contributed by atoms with E-state index in [4.69, 9.17) is 4.74 Å². The average Bonchev–Trinajstić information content (AvgIpc) is 2.78. The molecule has 0 bridgehead atoms. The smallest absolute Gasteiger partial charge is 0.224 e. The van der Waals surface area contributed by atoms with Gasteiger partial charge in [-0.05, 0) is 32.4 Å². The first-order chi connectivity index (χ1) is 10.1. The van der Waals surface area contributed by atoms with Gasteiger partial charge in [-0.1, -0.05) is 0 Å². The molecule has 0 saturated carbocycles. The first kappa shape index (κ1) is 16.0. The fourth-order valence-electron chi connectivity index (χ4n) is 2.93. The van der Waals surface area contributed by atoms with Crippen LogP contribution in [0.1, 0.15) is 30.3 Å². The minimum Gasteiger partial charge on any atom is -0.378 e. The molecule has 0 atom stereocenters. The monoisotopic (exact) mass is 293 g/mol. The van der Waals surface area contributed by atoms with Crippen LogP contribution in [0.2, 0.25) is 0 Å². The number of nitrogens with zero attached hydrogens (tertiary/aromatic N) is 2. The van der Waals surface area contributed by atoms with Gasteiger partial charge in [0.05, 0.1) is 13.2 Å². The Labute approximate surface area is 127 Å². The summed E-state index contributed by atoms with van der Waals surface area (Å²) in [5.74, 6) is 0.227. The number of rotatable bonds is 6. The van der Waals surface area contributed by atoms with E-state index in [0.29, 0.717) is 19.6 Å². The number of aromatic nitrogens is 1. The fraction of sp³-hybridized carbons (Fsp3) is 0.688. The SMILES string of the molecule is CCn1c(C)cc(CNCCC(=O)N2CCOCC2)c1C. The number of nitrogens with one attached hydrogen (secondary N) is 1. The average molecular weight is 293 g/mol. The third-order valence-electron chi connectivity index (χ3n) is 4.19. The molecule has 1 N–H and O–H groups in total. The number of carbonyl (C=O) groups is 1. The Bertz CT molecular complexity index is 476. The van der Waals surface area contributed by atoms with Gasteiger partial charge in [-0.15, -0.1) is 0 Å². The van der Waals surface area contributed by atoms with Gasteiger partial charge >= 0.3 is 0 Å². The van der Waals surface area contributed by atoms with Crippen LogP contribution in [0.5, 0.6) is 0 Å². The summed E-state index contributed by atoms with van der Waals surface area (Å²) in [5.41, 5.74) is 3.95. The van der Waals surface area contributed by atoms with Crippen molar-refractivity contribution in [3.63, 3.8) is 0 Å². The molecule has 0 aliphatic carbocycles. The van der Waals surface area contributed by atoms with E-state index < -0.39 is 0 Å². The van der Waals surface area contributed by atoms with Gasteiger partial charge in [0.1, 0.15) is 0 Å². The van der Waals surface area contributed by atoms with E-state index in [1.807, 2.05) is 4.90 Å². The van der Waals surface area contributed by atoms with Gasteiger partial charge < -0.3 is 19.5 Å². The number of carbonyl (C=O) groups excluding carboxylic acids is 1. The molecule has 5 heteroatoms. The summed E-state index contributed by atoms with van der Waals surface area (Å²) >= 11 is 0. The topological polar surface area (TPSA) is 46.5 Å². The van der Waals surface area contributed by atoms with Crippen molar-refractivity contribution in [1.29, 1.82) is 0 Å². The molecule has 1 aromatic heterocycles. The summed E-state index contributed by atoms with van der Waals surface area (Å²) in [6, 6.07) is 2.23. The van der Waals surface area contributed by atoms with E-state index in [2.05, 4.69) is 36.7 Å². The number of amides is 1. The van der Waals surface area contributed by atoms with Crippen LogP contribution in [-0.4, -0.2) is 48.2 Å². The lowest BCUT2D eigenvalue weighted by Gasteiger charge is -2.26. The molecule has 0 spiro atoms. The van der Waals surface area contributed by atoms with Crippen LogP contribution in [0, 0.1) is 13.8 Å². The molecule has 0 radical (unpaired) electrons. The second kappa shape index (κ2) is 7.61. The quantitative estimate of drug-likeness (QED) is 0.808. The first-order valence-corrected chi connectivity index (χ1v) is 7.85. The standard InChI is InChI=1S/C16H27N3O2/c1-4-19-13(2)11-15(14(19)3)12-17-6-5-16(20)18-7-9-21-10-8-18/h11,17H,4-10,12H2,1-3H3. The summed E-state index contributed by atoms with van der Waals surface area (Å²) in [6.07, 6.45) is 0.562. The summed E-state index contributed by atoms with van der Waals surface area (Å²) in [4.78, 5) is 13.9. The highest BCUT2D eigenvalue weighted by molar-refractivity contribution is 5.76. The van der Waals surface area contributed by atoms with E-state index in [0.717, 1.165) is 32.7 Å². The van der Waals surface area contributed by atoms with Crippen LogP contribution >= 0.6 is 0 Å². The zero-order valence-electron chi connectivity index (χ0n) is 13.4. The summed E-state index contributed by atoms with van der Waals surface area (Å²) in [7, 11) is 0. The van der Waals surface area contributed by atoms with Gasteiger partial charge in [-0.25, -0.2) is 0 Å². The molecule has 21 heavy (non-hydrogen) atoms. The number of morpholine rings is 1. The van der Waals surface area contributed by atoms with E-state index in [1.54, 1.807) is 0 Å². The van der Waals surface area contributed by atoms with Crippen molar-refractivity contribution in [2.24, 2.45) is 0 Å². The molecule has 0 aromatic carbocycles. The van der Waals surface area contributed by atoms with E-state index in [-0.39, 0.29) is 5.91 Å². The zero-order valence-corrected chi connectivity index (χ0v) is 13.4. The van der Waals surface area contributed by atoms with Crippen LogP contribution in [0.25, 0.3) is 0 Å². The largest absolute Gasteiger partial charge is 0.378 e. The lowest BCUT2D eigenvalue weighted by atomic mass is 10.2. The Balaban J connectivity index is 1.73. The maximum atomic E-state index is 12.0. The molecule has 2 rings (SSSR count). The van der Waals surface area contributed by atoms with Crippen molar-refractivity contribution < 1.29 is 9.53 Å². The third kappa shape index (κ3) is 4.08. The molecular weight excluding hydrogens is 266 g/mol. The Morgan fingerprint density at radius 1 is 1.33 bits per heavy atom. The van der Waals surface area contributed by atoms with E-state index >= 15 is 0 Å². The number of hydrogen-bond acceptors (Lipinski definition) is 3. The van der Waals surface area contributed by atoms with Crippen molar-refractivity contribution in [3.8, 4) is 0 Å². The van der Waals surface area contributed by atoms with Crippen molar-refractivity contribution in [1.82, 2.24) is 14.8 Å². The van der Waals surface area contributed by atoms with Gasteiger partial charge in [0, 0.05) is 50.5 Å². The maximum Gasteiger partial charge on any atom is 0.224 e. The highest BCUT2D eigenvalue weighted by atomic mass is 16.5. The number of ether oxygens (including phenoxy) is 1. The predicted octanol–water partition coefficient (Wildman–Crippen LogP) is 1.46. The van der Waals surface area contributed by atoms with Crippen molar-refractivity contribution in [3.05, 3.63) is 23.0 Å². The lowest BCUT2D eigenvalue weighted by molar-refractivity contribution is -0.135. The van der Waals surface area contributed by atoms with Gasteiger partial charge in [0.2, 0.25) is 5.91 Å². The van der Waals surface area contributed by atoms with Crippen LogP contribution in [0.15, 0.2) is 6.07 Å². The first-order valence-electron chi connectivity index (χ1n) is 7.85. The molecule has 0 unspecified atom stereocenters. The Morgan fingerprint density at radius 2 is 2.05 bits per heavy atom. The van der Waals surface area contributed by atoms with Gasteiger partial charge in [0.15, 0.2) is 0 Å². The molecule has 1 aromatic rings. The summed E-state index contributed by atoms with van der Waals surface area (Å²) in [5, 5.41) is 3.39. The van der Waals surface area contributed by atoms with Crippen LogP contribution in [-0.2, 0) is 22.6 Å². The molecule has 1 saturated heterocycles. The highest BCUT2D eigenvalue weighted by Gasteiger charge is 2.16. The molecular formula is C16H27N3O2. The van der Waals surface area contributed by atoms with Crippen molar-refractivity contribution in [2.45, 2.75) is 40.3 Å². The number of aryl methyl sites for hydroxylation is 1. The summed E-state index contributed by atoms with van der Waals surface area (Å²) in [6.45, 7) is 11.8.